The van der Waals surface area contributed by atoms with E-state index in [1.807, 2.05) is 11.8 Å². The van der Waals surface area contributed by atoms with Gasteiger partial charge in [0.05, 0.1) is 36.4 Å². The van der Waals surface area contributed by atoms with Gasteiger partial charge >= 0.3 is 0 Å². The fourth-order valence-electron chi connectivity index (χ4n) is 3.66. The van der Waals surface area contributed by atoms with E-state index in [0.29, 0.717) is 37.8 Å². The van der Waals surface area contributed by atoms with Gasteiger partial charge in [0.2, 0.25) is 0 Å². The molecule has 0 unspecified atom stereocenters. The van der Waals surface area contributed by atoms with Crippen molar-refractivity contribution in [2.45, 2.75) is 26.1 Å². The number of benzene rings is 1. The standard InChI is InChI=1S/C19H22FN3O3/c1-13-17(12-21-23(13)16-4-2-15(20)3-5-16)18(24)22-8-6-14(7-9-22)19-25-10-11-26-19/h2-5,12,14,19H,6-11H2,1H3. The lowest BCUT2D eigenvalue weighted by Gasteiger charge is -2.33. The second kappa shape index (κ2) is 7.17. The maximum absolute atomic E-state index is 13.1. The Hall–Kier alpha value is -2.25. The second-order valence-corrected chi connectivity index (χ2v) is 6.77. The molecule has 138 valence electrons. The molecule has 2 aliphatic heterocycles. The first-order valence-electron chi connectivity index (χ1n) is 8.96. The van der Waals surface area contributed by atoms with Gasteiger partial charge in [-0.15, -0.1) is 0 Å². The third-order valence-electron chi connectivity index (χ3n) is 5.17. The number of hydrogen-bond donors (Lipinski definition) is 0. The van der Waals surface area contributed by atoms with Crippen LogP contribution in [0.5, 0.6) is 0 Å². The number of amides is 1. The summed E-state index contributed by atoms with van der Waals surface area (Å²) in [5, 5.41) is 4.32. The highest BCUT2D eigenvalue weighted by Crippen LogP contribution is 2.27. The zero-order valence-corrected chi connectivity index (χ0v) is 14.7. The van der Waals surface area contributed by atoms with Crippen molar-refractivity contribution < 1.29 is 18.7 Å². The summed E-state index contributed by atoms with van der Waals surface area (Å²) in [6, 6.07) is 6.07. The minimum Gasteiger partial charge on any atom is -0.350 e. The van der Waals surface area contributed by atoms with Crippen molar-refractivity contribution in [3.8, 4) is 5.69 Å². The number of ether oxygens (including phenoxy) is 2. The molecule has 3 heterocycles. The minimum absolute atomic E-state index is 0.0115. The van der Waals surface area contributed by atoms with Crippen molar-refractivity contribution in [1.82, 2.24) is 14.7 Å². The summed E-state index contributed by atoms with van der Waals surface area (Å²) in [5.41, 5.74) is 2.07. The lowest BCUT2D eigenvalue weighted by atomic mass is 9.95. The summed E-state index contributed by atoms with van der Waals surface area (Å²) in [6.07, 6.45) is 3.23. The molecule has 1 aromatic heterocycles. The van der Waals surface area contributed by atoms with Gasteiger partial charge in [-0.1, -0.05) is 0 Å². The summed E-state index contributed by atoms with van der Waals surface area (Å²) in [7, 11) is 0. The van der Waals surface area contributed by atoms with E-state index < -0.39 is 0 Å². The maximum atomic E-state index is 13.1. The Morgan fingerprint density at radius 2 is 1.81 bits per heavy atom. The molecule has 6 nitrogen and oxygen atoms in total. The third kappa shape index (κ3) is 3.24. The molecule has 1 amide bonds. The molecule has 2 saturated heterocycles. The first-order valence-corrected chi connectivity index (χ1v) is 8.96. The molecule has 0 aliphatic carbocycles. The van der Waals surface area contributed by atoms with E-state index in [1.54, 1.807) is 23.0 Å². The Bertz CT molecular complexity index is 776. The van der Waals surface area contributed by atoms with E-state index >= 15 is 0 Å². The van der Waals surface area contributed by atoms with Crippen LogP contribution in [0.15, 0.2) is 30.5 Å². The molecule has 4 rings (SSSR count). The van der Waals surface area contributed by atoms with E-state index in [0.717, 1.165) is 24.2 Å². The molecule has 2 fully saturated rings. The number of carbonyl (C=O) groups is 1. The highest BCUT2D eigenvalue weighted by Gasteiger charge is 2.32. The van der Waals surface area contributed by atoms with Crippen LogP contribution in [0.2, 0.25) is 0 Å². The average molecular weight is 359 g/mol. The van der Waals surface area contributed by atoms with Crippen molar-refractivity contribution in [2.24, 2.45) is 5.92 Å². The number of nitrogens with zero attached hydrogens (tertiary/aromatic N) is 3. The van der Waals surface area contributed by atoms with E-state index in [4.69, 9.17) is 9.47 Å². The van der Waals surface area contributed by atoms with Crippen LogP contribution in [0, 0.1) is 18.7 Å². The summed E-state index contributed by atoms with van der Waals surface area (Å²) in [6.45, 7) is 4.55. The fraction of sp³-hybridized carbons (Fsp3) is 0.474. The Kier molecular flexibility index (Phi) is 4.74. The predicted molar refractivity (Wildman–Crippen MR) is 92.6 cm³/mol. The second-order valence-electron chi connectivity index (χ2n) is 6.77. The molecular formula is C19H22FN3O3. The van der Waals surface area contributed by atoms with Crippen LogP contribution in [0.1, 0.15) is 28.9 Å². The number of likely N-dealkylation sites (tertiary alicyclic amines) is 1. The van der Waals surface area contributed by atoms with E-state index in [9.17, 15) is 9.18 Å². The first-order chi connectivity index (χ1) is 12.6. The SMILES string of the molecule is Cc1c(C(=O)N2CCC(C3OCCO3)CC2)cnn1-c1ccc(F)cc1. The number of aromatic nitrogens is 2. The van der Waals surface area contributed by atoms with Gasteiger partial charge in [0.25, 0.3) is 5.91 Å². The molecule has 0 bridgehead atoms. The van der Waals surface area contributed by atoms with Gasteiger partial charge in [-0.2, -0.15) is 5.10 Å². The largest absolute Gasteiger partial charge is 0.350 e. The van der Waals surface area contributed by atoms with E-state index in [1.165, 1.54) is 12.1 Å². The maximum Gasteiger partial charge on any atom is 0.257 e. The Morgan fingerprint density at radius 1 is 1.15 bits per heavy atom. The van der Waals surface area contributed by atoms with Crippen LogP contribution < -0.4 is 0 Å². The van der Waals surface area contributed by atoms with Gasteiger partial charge in [0.15, 0.2) is 6.29 Å². The molecule has 1 aromatic carbocycles. The van der Waals surface area contributed by atoms with Crippen molar-refractivity contribution in [3.63, 3.8) is 0 Å². The zero-order chi connectivity index (χ0) is 18.1. The van der Waals surface area contributed by atoms with E-state index in [-0.39, 0.29) is 18.0 Å². The number of carbonyl (C=O) groups excluding carboxylic acids is 1. The molecule has 0 spiro atoms. The van der Waals surface area contributed by atoms with Crippen molar-refractivity contribution in [1.29, 1.82) is 0 Å². The minimum atomic E-state index is -0.298. The lowest BCUT2D eigenvalue weighted by molar-refractivity contribution is -0.0956. The van der Waals surface area contributed by atoms with Gasteiger partial charge < -0.3 is 14.4 Å². The number of halogens is 1. The van der Waals surface area contributed by atoms with Crippen molar-refractivity contribution in [2.75, 3.05) is 26.3 Å². The normalized spacial score (nSPS) is 19.2. The number of piperidine rings is 1. The monoisotopic (exact) mass is 359 g/mol. The van der Waals surface area contributed by atoms with Crippen LogP contribution in [0.3, 0.4) is 0 Å². The molecule has 2 aliphatic rings. The summed E-state index contributed by atoms with van der Waals surface area (Å²) in [4.78, 5) is 14.8. The zero-order valence-electron chi connectivity index (χ0n) is 14.7. The average Bonchev–Trinajstić information content (AvgIpc) is 3.32. The molecule has 0 atom stereocenters. The van der Waals surface area contributed by atoms with Gasteiger partial charge in [0.1, 0.15) is 5.82 Å². The Morgan fingerprint density at radius 3 is 2.46 bits per heavy atom. The summed E-state index contributed by atoms with van der Waals surface area (Å²) >= 11 is 0. The summed E-state index contributed by atoms with van der Waals surface area (Å²) in [5.74, 6) is 0.0418. The number of rotatable bonds is 3. The molecule has 2 aromatic rings. The van der Waals surface area contributed by atoms with Gasteiger partial charge in [-0.25, -0.2) is 9.07 Å². The smallest absolute Gasteiger partial charge is 0.257 e. The van der Waals surface area contributed by atoms with Gasteiger partial charge in [0, 0.05) is 19.0 Å². The fourth-order valence-corrected chi connectivity index (χ4v) is 3.66. The van der Waals surface area contributed by atoms with Crippen molar-refractivity contribution in [3.05, 3.63) is 47.5 Å². The van der Waals surface area contributed by atoms with Crippen LogP contribution >= 0.6 is 0 Å². The first kappa shape index (κ1) is 17.2. The number of hydrogen-bond acceptors (Lipinski definition) is 4. The van der Waals surface area contributed by atoms with Crippen LogP contribution in [-0.4, -0.2) is 53.2 Å². The Labute approximate surface area is 151 Å². The Balaban J connectivity index is 1.45. The molecular weight excluding hydrogens is 337 g/mol. The van der Waals surface area contributed by atoms with Crippen LogP contribution in [0.4, 0.5) is 4.39 Å². The molecule has 7 heteroatoms. The predicted octanol–water partition coefficient (Wildman–Crippen LogP) is 2.54. The van der Waals surface area contributed by atoms with Crippen LogP contribution in [0.25, 0.3) is 5.69 Å². The highest BCUT2D eigenvalue weighted by atomic mass is 19.1. The quantitative estimate of drug-likeness (QED) is 0.845. The molecule has 0 saturated carbocycles. The molecule has 0 radical (unpaired) electrons. The molecule has 0 N–H and O–H groups in total. The van der Waals surface area contributed by atoms with E-state index in [2.05, 4.69) is 5.10 Å². The molecule has 26 heavy (non-hydrogen) atoms. The lowest BCUT2D eigenvalue weighted by Crippen LogP contribution is -2.41. The van der Waals surface area contributed by atoms with Gasteiger partial charge in [-0.05, 0) is 44.0 Å². The van der Waals surface area contributed by atoms with Gasteiger partial charge in [-0.3, -0.25) is 4.79 Å². The van der Waals surface area contributed by atoms with Crippen LogP contribution in [-0.2, 0) is 9.47 Å². The van der Waals surface area contributed by atoms with Crippen molar-refractivity contribution >= 4 is 5.91 Å². The third-order valence-corrected chi connectivity index (χ3v) is 5.17. The summed E-state index contributed by atoms with van der Waals surface area (Å²) < 4.78 is 26.0. The highest BCUT2D eigenvalue weighted by molar-refractivity contribution is 5.95. The topological polar surface area (TPSA) is 56.6 Å².